The number of anilines is 1. The smallest absolute Gasteiger partial charge is 0.231 e. The lowest BCUT2D eigenvalue weighted by molar-refractivity contribution is -0.124. The summed E-state index contributed by atoms with van der Waals surface area (Å²) in [5.41, 5.74) is 2.08. The predicted octanol–water partition coefficient (Wildman–Crippen LogP) is 7.65. The number of rotatable bonds is 4. The monoisotopic (exact) mass is 479 g/mol. The maximum Gasteiger partial charge on any atom is 0.231 e. The van der Waals surface area contributed by atoms with E-state index in [-0.39, 0.29) is 17.9 Å². The van der Waals surface area contributed by atoms with Crippen LogP contribution in [0.1, 0.15) is 30.0 Å². The predicted molar refractivity (Wildman–Crippen MR) is 121 cm³/mol. The minimum atomic E-state index is -0.916. The van der Waals surface area contributed by atoms with Crippen LogP contribution in [0, 0.1) is 17.6 Å². The molecule has 1 amide bonds. The number of carbonyl (C=O) groups excluding carboxylic acids is 1. The maximum atomic E-state index is 13.7. The van der Waals surface area contributed by atoms with Crippen molar-refractivity contribution in [2.75, 3.05) is 4.90 Å². The summed E-state index contributed by atoms with van der Waals surface area (Å²) in [6.07, 6.45) is 1.57. The second-order valence-corrected chi connectivity index (χ2v) is 8.87. The van der Waals surface area contributed by atoms with E-state index in [1.807, 2.05) is 6.07 Å². The molecule has 7 heteroatoms. The Bertz CT molecular complexity index is 1120. The standard InChI is InChI=1S/C24H18Cl3F2NO/c25-16-3-6-18(7-4-16)30-23(19-8-5-17(26)13-20(19)27)10-2-15(24(30)31)11-14-1-9-21(28)22(29)12-14/h1,3-9,12-13,15,23H,2,10-11H2/t15-,23-/m0/s1. The molecule has 160 valence electrons. The molecule has 1 aliphatic heterocycles. The van der Waals surface area contributed by atoms with Crippen molar-refractivity contribution in [3.05, 3.63) is 98.5 Å². The number of hydrogen-bond acceptors (Lipinski definition) is 1. The molecule has 0 spiro atoms. The van der Waals surface area contributed by atoms with E-state index in [0.717, 1.165) is 17.7 Å². The van der Waals surface area contributed by atoms with E-state index in [9.17, 15) is 13.6 Å². The highest BCUT2D eigenvalue weighted by Gasteiger charge is 2.38. The van der Waals surface area contributed by atoms with Crippen LogP contribution in [0.3, 0.4) is 0 Å². The van der Waals surface area contributed by atoms with E-state index >= 15 is 0 Å². The van der Waals surface area contributed by atoms with Gasteiger partial charge >= 0.3 is 0 Å². The first-order chi connectivity index (χ1) is 14.8. The molecule has 3 aromatic carbocycles. The Morgan fingerprint density at radius 2 is 1.55 bits per heavy atom. The molecule has 1 heterocycles. The van der Waals surface area contributed by atoms with Crippen LogP contribution < -0.4 is 4.90 Å². The largest absolute Gasteiger partial charge is 0.305 e. The molecular formula is C24H18Cl3F2NO. The van der Waals surface area contributed by atoms with Crippen molar-refractivity contribution >= 4 is 46.4 Å². The number of halogens is 5. The third-order valence-electron chi connectivity index (χ3n) is 5.58. The summed E-state index contributed by atoms with van der Waals surface area (Å²) in [5.74, 6) is -2.29. The molecule has 2 nitrogen and oxygen atoms in total. The lowest BCUT2D eigenvalue weighted by Gasteiger charge is -2.40. The van der Waals surface area contributed by atoms with Gasteiger partial charge in [-0.3, -0.25) is 4.79 Å². The number of amides is 1. The van der Waals surface area contributed by atoms with Gasteiger partial charge in [0.2, 0.25) is 5.91 Å². The van der Waals surface area contributed by atoms with E-state index in [2.05, 4.69) is 0 Å². The highest BCUT2D eigenvalue weighted by Crippen LogP contribution is 2.42. The molecule has 2 atom stereocenters. The third-order valence-corrected chi connectivity index (χ3v) is 6.39. The lowest BCUT2D eigenvalue weighted by atomic mass is 9.84. The number of carbonyl (C=O) groups is 1. The van der Waals surface area contributed by atoms with Crippen LogP contribution >= 0.6 is 34.8 Å². The van der Waals surface area contributed by atoms with Gasteiger partial charge in [0.15, 0.2) is 11.6 Å². The van der Waals surface area contributed by atoms with E-state index in [0.29, 0.717) is 45.6 Å². The van der Waals surface area contributed by atoms with E-state index in [1.54, 1.807) is 41.3 Å². The number of piperidine rings is 1. The average Bonchev–Trinajstić information content (AvgIpc) is 2.73. The molecule has 0 saturated carbocycles. The Labute approximate surface area is 194 Å². The van der Waals surface area contributed by atoms with Gasteiger partial charge in [-0.25, -0.2) is 8.78 Å². The van der Waals surface area contributed by atoms with Crippen molar-refractivity contribution in [1.29, 1.82) is 0 Å². The number of nitrogens with zero attached hydrogens (tertiary/aromatic N) is 1. The highest BCUT2D eigenvalue weighted by molar-refractivity contribution is 6.35. The minimum absolute atomic E-state index is 0.102. The molecule has 1 saturated heterocycles. The molecule has 3 aromatic rings. The Morgan fingerprint density at radius 3 is 2.23 bits per heavy atom. The van der Waals surface area contributed by atoms with Crippen LogP contribution in [0.4, 0.5) is 14.5 Å². The fraction of sp³-hybridized carbons (Fsp3) is 0.208. The summed E-state index contributed by atoms with van der Waals surface area (Å²) in [6, 6.07) is 15.8. The zero-order valence-corrected chi connectivity index (χ0v) is 18.6. The zero-order chi connectivity index (χ0) is 22.1. The molecule has 1 aliphatic rings. The SMILES string of the molecule is O=C1[C@H](Cc2ccc(F)c(F)c2)CC[C@@H](c2ccc(Cl)cc2Cl)N1c1ccc(Cl)cc1. The van der Waals surface area contributed by atoms with Crippen LogP contribution in [0.15, 0.2) is 60.7 Å². The van der Waals surface area contributed by atoms with E-state index in [4.69, 9.17) is 34.8 Å². The topological polar surface area (TPSA) is 20.3 Å². The second-order valence-electron chi connectivity index (χ2n) is 7.59. The summed E-state index contributed by atoms with van der Waals surface area (Å²) >= 11 is 18.6. The van der Waals surface area contributed by atoms with E-state index in [1.165, 1.54) is 6.07 Å². The molecule has 31 heavy (non-hydrogen) atoms. The van der Waals surface area contributed by atoms with Crippen LogP contribution in [0.25, 0.3) is 0 Å². The van der Waals surface area contributed by atoms with Crippen LogP contribution in [-0.4, -0.2) is 5.91 Å². The van der Waals surface area contributed by atoms with Gasteiger partial charge in [0.05, 0.1) is 6.04 Å². The summed E-state index contributed by atoms with van der Waals surface area (Å²) < 4.78 is 27.0. The van der Waals surface area contributed by atoms with Gasteiger partial charge in [0.25, 0.3) is 0 Å². The van der Waals surface area contributed by atoms with Gasteiger partial charge in [-0.2, -0.15) is 0 Å². The van der Waals surface area contributed by atoms with Gasteiger partial charge in [-0.1, -0.05) is 46.9 Å². The molecule has 0 radical (unpaired) electrons. The van der Waals surface area contributed by atoms with Crippen molar-refractivity contribution in [3.8, 4) is 0 Å². The third kappa shape index (κ3) is 4.72. The van der Waals surface area contributed by atoms with Crippen LogP contribution in [0.5, 0.6) is 0 Å². The number of hydrogen-bond donors (Lipinski definition) is 0. The molecule has 0 bridgehead atoms. The molecule has 0 unspecified atom stereocenters. The van der Waals surface area contributed by atoms with Gasteiger partial charge < -0.3 is 4.90 Å². The van der Waals surface area contributed by atoms with Crippen LogP contribution in [-0.2, 0) is 11.2 Å². The average molecular weight is 481 g/mol. The molecule has 0 N–H and O–H groups in total. The molecule has 0 aromatic heterocycles. The van der Waals surface area contributed by atoms with Crippen LogP contribution in [0.2, 0.25) is 15.1 Å². The Kier molecular flexibility index (Phi) is 6.52. The van der Waals surface area contributed by atoms with Crippen molar-refractivity contribution in [1.82, 2.24) is 0 Å². The Balaban J connectivity index is 1.69. The second kappa shape index (κ2) is 9.15. The molecule has 1 fully saturated rings. The van der Waals surface area contributed by atoms with Gasteiger partial charge in [-0.05, 0) is 78.9 Å². The highest BCUT2D eigenvalue weighted by atomic mass is 35.5. The quantitative estimate of drug-likeness (QED) is 0.375. The summed E-state index contributed by atoms with van der Waals surface area (Å²) in [6.45, 7) is 0. The first-order valence-electron chi connectivity index (χ1n) is 9.81. The van der Waals surface area contributed by atoms with Crippen molar-refractivity contribution in [3.63, 3.8) is 0 Å². The lowest BCUT2D eigenvalue weighted by Crippen LogP contribution is -2.44. The maximum absolute atomic E-state index is 13.7. The van der Waals surface area contributed by atoms with Crippen molar-refractivity contribution < 1.29 is 13.6 Å². The molecular weight excluding hydrogens is 463 g/mol. The summed E-state index contributed by atoms with van der Waals surface area (Å²) in [7, 11) is 0. The Hall–Kier alpha value is -2.14. The van der Waals surface area contributed by atoms with Crippen molar-refractivity contribution in [2.24, 2.45) is 5.92 Å². The van der Waals surface area contributed by atoms with Crippen molar-refractivity contribution in [2.45, 2.75) is 25.3 Å². The fourth-order valence-corrected chi connectivity index (χ4v) is 4.74. The fourth-order valence-electron chi connectivity index (χ4n) is 4.08. The summed E-state index contributed by atoms with van der Waals surface area (Å²) in [5, 5.41) is 1.57. The normalized spacial score (nSPS) is 19.0. The first kappa shape index (κ1) is 22.1. The van der Waals surface area contributed by atoms with Gasteiger partial charge in [-0.15, -0.1) is 0 Å². The minimum Gasteiger partial charge on any atom is -0.305 e. The van der Waals surface area contributed by atoms with E-state index < -0.39 is 11.6 Å². The Morgan fingerprint density at radius 1 is 0.839 bits per heavy atom. The molecule has 0 aliphatic carbocycles. The molecule has 4 rings (SSSR count). The first-order valence-corrected chi connectivity index (χ1v) is 10.9. The zero-order valence-electron chi connectivity index (χ0n) is 16.3. The van der Waals surface area contributed by atoms with Gasteiger partial charge in [0.1, 0.15) is 0 Å². The van der Waals surface area contributed by atoms with Gasteiger partial charge in [0, 0.05) is 26.7 Å². The number of benzene rings is 3. The summed E-state index contributed by atoms with van der Waals surface area (Å²) in [4.78, 5) is 15.3.